The highest BCUT2D eigenvalue weighted by atomic mass is 16.5. The number of nitrogens with zero attached hydrogens (tertiary/aromatic N) is 1. The van der Waals surface area contributed by atoms with Crippen molar-refractivity contribution in [2.75, 3.05) is 12.4 Å². The number of rotatable bonds is 4. The molecule has 0 aliphatic heterocycles. The van der Waals surface area contributed by atoms with E-state index in [2.05, 4.69) is 18.3 Å². The first-order valence-electron chi connectivity index (χ1n) is 7.11. The van der Waals surface area contributed by atoms with Gasteiger partial charge in [-0.05, 0) is 30.9 Å². The summed E-state index contributed by atoms with van der Waals surface area (Å²) >= 11 is 0. The second-order valence-electron chi connectivity index (χ2n) is 5.31. The van der Waals surface area contributed by atoms with E-state index in [0.717, 1.165) is 17.4 Å². The number of methoxy groups -OCH3 is 1. The molecule has 0 spiro atoms. The lowest BCUT2D eigenvalue weighted by Gasteiger charge is -2.30. The smallest absolute Gasteiger partial charge is 0.143 e. The Morgan fingerprint density at radius 1 is 1.42 bits per heavy atom. The highest BCUT2D eigenvalue weighted by Gasteiger charge is 2.21. The van der Waals surface area contributed by atoms with Crippen LogP contribution in [0.5, 0.6) is 5.75 Å². The monoisotopic (exact) mass is 258 g/mol. The van der Waals surface area contributed by atoms with Crippen LogP contribution in [0.2, 0.25) is 0 Å². The van der Waals surface area contributed by atoms with Gasteiger partial charge in [-0.3, -0.25) is 0 Å². The Kier molecular flexibility index (Phi) is 4.68. The third-order valence-electron chi connectivity index (χ3n) is 4.05. The molecule has 1 aromatic rings. The van der Waals surface area contributed by atoms with Crippen molar-refractivity contribution in [1.29, 1.82) is 5.26 Å². The molecule has 0 aromatic heterocycles. The molecule has 1 N–H and O–H groups in total. The highest BCUT2D eigenvalue weighted by Crippen LogP contribution is 2.32. The van der Waals surface area contributed by atoms with Gasteiger partial charge in [-0.2, -0.15) is 5.26 Å². The maximum Gasteiger partial charge on any atom is 0.143 e. The van der Waals surface area contributed by atoms with E-state index in [4.69, 9.17) is 10.00 Å². The topological polar surface area (TPSA) is 45.0 Å². The van der Waals surface area contributed by atoms with Gasteiger partial charge in [0.2, 0.25) is 0 Å². The normalized spacial score (nSPS) is 22.6. The van der Waals surface area contributed by atoms with E-state index in [9.17, 15) is 0 Å². The van der Waals surface area contributed by atoms with E-state index >= 15 is 0 Å². The Morgan fingerprint density at radius 2 is 2.26 bits per heavy atom. The van der Waals surface area contributed by atoms with Crippen LogP contribution >= 0.6 is 0 Å². The molecule has 1 aliphatic carbocycles. The Bertz CT molecular complexity index is 464. The van der Waals surface area contributed by atoms with Gasteiger partial charge in [-0.1, -0.05) is 26.2 Å². The third-order valence-corrected chi connectivity index (χ3v) is 4.05. The zero-order valence-electron chi connectivity index (χ0n) is 11.8. The summed E-state index contributed by atoms with van der Waals surface area (Å²) in [6, 6.07) is 8.25. The van der Waals surface area contributed by atoms with E-state index in [1.165, 1.54) is 32.1 Å². The van der Waals surface area contributed by atoms with Crippen molar-refractivity contribution in [3.8, 4) is 11.8 Å². The summed E-state index contributed by atoms with van der Waals surface area (Å²) in [5, 5.41) is 12.5. The first-order valence-corrected chi connectivity index (χ1v) is 7.11. The van der Waals surface area contributed by atoms with Gasteiger partial charge in [-0.15, -0.1) is 0 Å². The molecule has 2 atom stereocenters. The van der Waals surface area contributed by atoms with Crippen LogP contribution in [-0.4, -0.2) is 13.2 Å². The van der Waals surface area contributed by atoms with Crippen molar-refractivity contribution >= 4 is 5.69 Å². The fourth-order valence-corrected chi connectivity index (χ4v) is 2.89. The van der Waals surface area contributed by atoms with Gasteiger partial charge in [0.25, 0.3) is 0 Å². The number of hydrogen-bond donors (Lipinski definition) is 1. The van der Waals surface area contributed by atoms with Crippen LogP contribution in [0, 0.1) is 17.2 Å². The number of benzene rings is 1. The molecule has 1 saturated carbocycles. The van der Waals surface area contributed by atoms with Gasteiger partial charge in [0.05, 0.1) is 24.4 Å². The number of ether oxygens (including phenoxy) is 1. The Labute approximate surface area is 115 Å². The summed E-state index contributed by atoms with van der Waals surface area (Å²) < 4.78 is 5.37. The van der Waals surface area contributed by atoms with Crippen LogP contribution < -0.4 is 10.1 Å². The molecule has 1 aromatic carbocycles. The molecule has 19 heavy (non-hydrogen) atoms. The van der Waals surface area contributed by atoms with Gasteiger partial charge >= 0.3 is 0 Å². The van der Waals surface area contributed by atoms with E-state index < -0.39 is 0 Å². The van der Waals surface area contributed by atoms with Crippen LogP contribution in [0.15, 0.2) is 18.2 Å². The summed E-state index contributed by atoms with van der Waals surface area (Å²) in [5.41, 5.74) is 1.64. The standard InChI is InChI=1S/C16H22N2O/c1-3-12-5-4-6-14(9-12)18-15-8-7-13(11-17)10-16(15)19-2/h7-8,10,12,14,18H,3-6,9H2,1-2H3. The van der Waals surface area contributed by atoms with Crippen LogP contribution in [-0.2, 0) is 0 Å². The maximum atomic E-state index is 8.91. The quantitative estimate of drug-likeness (QED) is 0.889. The summed E-state index contributed by atoms with van der Waals surface area (Å²) in [6.07, 6.45) is 6.38. The fraction of sp³-hybridized carbons (Fsp3) is 0.562. The van der Waals surface area contributed by atoms with Crippen molar-refractivity contribution in [1.82, 2.24) is 0 Å². The van der Waals surface area contributed by atoms with Gasteiger partial charge in [0, 0.05) is 12.1 Å². The minimum atomic E-state index is 0.528. The predicted octanol–water partition coefficient (Wildman–Crippen LogP) is 3.95. The molecule has 0 heterocycles. The molecule has 3 nitrogen and oxygen atoms in total. The van der Waals surface area contributed by atoms with Crippen molar-refractivity contribution in [2.45, 2.75) is 45.1 Å². The molecule has 1 fully saturated rings. The molecule has 3 heteroatoms. The number of hydrogen-bond acceptors (Lipinski definition) is 3. The molecular weight excluding hydrogens is 236 g/mol. The third kappa shape index (κ3) is 3.41. The predicted molar refractivity (Wildman–Crippen MR) is 77.4 cm³/mol. The van der Waals surface area contributed by atoms with Crippen molar-refractivity contribution in [2.24, 2.45) is 5.92 Å². The molecule has 0 amide bonds. The maximum absolute atomic E-state index is 8.91. The lowest BCUT2D eigenvalue weighted by molar-refractivity contribution is 0.326. The van der Waals surface area contributed by atoms with Crippen LogP contribution in [0.3, 0.4) is 0 Å². The lowest BCUT2D eigenvalue weighted by Crippen LogP contribution is -2.27. The number of nitrogens with one attached hydrogen (secondary N) is 1. The number of anilines is 1. The zero-order chi connectivity index (χ0) is 13.7. The molecule has 0 saturated heterocycles. The van der Waals surface area contributed by atoms with Crippen molar-refractivity contribution in [3.05, 3.63) is 23.8 Å². The molecule has 1 aliphatic rings. The minimum Gasteiger partial charge on any atom is -0.495 e. The summed E-state index contributed by atoms with van der Waals surface area (Å²) in [4.78, 5) is 0. The van der Waals surface area contributed by atoms with Crippen LogP contribution in [0.1, 0.15) is 44.6 Å². The second-order valence-corrected chi connectivity index (χ2v) is 5.31. The van der Waals surface area contributed by atoms with Crippen molar-refractivity contribution in [3.63, 3.8) is 0 Å². The average Bonchev–Trinajstić information content (AvgIpc) is 2.48. The molecule has 2 rings (SSSR count). The highest BCUT2D eigenvalue weighted by molar-refractivity contribution is 5.59. The Balaban J connectivity index is 2.08. The largest absolute Gasteiger partial charge is 0.495 e. The first-order chi connectivity index (χ1) is 9.26. The van der Waals surface area contributed by atoms with Crippen LogP contribution in [0.4, 0.5) is 5.69 Å². The van der Waals surface area contributed by atoms with Gasteiger partial charge in [0.1, 0.15) is 5.75 Å². The summed E-state index contributed by atoms with van der Waals surface area (Å²) in [7, 11) is 1.65. The van der Waals surface area contributed by atoms with Gasteiger partial charge < -0.3 is 10.1 Å². The van der Waals surface area contributed by atoms with E-state index in [-0.39, 0.29) is 0 Å². The lowest BCUT2D eigenvalue weighted by atomic mass is 9.84. The molecule has 2 unspecified atom stereocenters. The average molecular weight is 258 g/mol. The Morgan fingerprint density at radius 3 is 2.95 bits per heavy atom. The summed E-state index contributed by atoms with van der Waals surface area (Å²) in [5.74, 6) is 1.60. The Hall–Kier alpha value is -1.69. The summed E-state index contributed by atoms with van der Waals surface area (Å²) in [6.45, 7) is 2.27. The van der Waals surface area contributed by atoms with E-state index in [0.29, 0.717) is 11.6 Å². The van der Waals surface area contributed by atoms with Gasteiger partial charge in [0.15, 0.2) is 0 Å². The fourth-order valence-electron chi connectivity index (χ4n) is 2.89. The first kappa shape index (κ1) is 13.7. The molecule has 0 radical (unpaired) electrons. The molecular formula is C16H22N2O. The SMILES string of the molecule is CCC1CCCC(Nc2ccc(C#N)cc2OC)C1. The second kappa shape index (κ2) is 6.47. The van der Waals surface area contributed by atoms with E-state index in [1.54, 1.807) is 13.2 Å². The minimum absolute atomic E-state index is 0.528. The number of nitriles is 1. The molecule has 0 bridgehead atoms. The van der Waals surface area contributed by atoms with Gasteiger partial charge in [-0.25, -0.2) is 0 Å². The van der Waals surface area contributed by atoms with Crippen LogP contribution in [0.25, 0.3) is 0 Å². The van der Waals surface area contributed by atoms with E-state index in [1.807, 2.05) is 12.1 Å². The van der Waals surface area contributed by atoms with Crippen molar-refractivity contribution < 1.29 is 4.74 Å². The zero-order valence-corrected chi connectivity index (χ0v) is 11.8. The molecule has 102 valence electrons.